The Bertz CT molecular complexity index is 807. The van der Waals surface area contributed by atoms with Gasteiger partial charge in [0.1, 0.15) is 0 Å². The van der Waals surface area contributed by atoms with E-state index in [1.54, 1.807) is 0 Å². The number of nitrogens with zero attached hydrogens (tertiary/aromatic N) is 1. The number of hydrogen-bond acceptors (Lipinski definition) is 2. The van der Waals surface area contributed by atoms with Crippen molar-refractivity contribution in [3.8, 4) is 0 Å². The van der Waals surface area contributed by atoms with Crippen molar-refractivity contribution in [1.82, 2.24) is 4.90 Å². The van der Waals surface area contributed by atoms with Gasteiger partial charge in [-0.25, -0.2) is 0 Å². The summed E-state index contributed by atoms with van der Waals surface area (Å²) in [4.78, 5) is 26.7. The number of carbonyl (C=O) groups excluding carboxylic acids is 1. The molecule has 2 aromatic carbocycles. The van der Waals surface area contributed by atoms with Crippen LogP contribution in [-0.2, 0) is 21.4 Å². The molecule has 25 heavy (non-hydrogen) atoms. The van der Waals surface area contributed by atoms with E-state index < -0.39 is 11.4 Å². The first-order chi connectivity index (χ1) is 12.1. The topological polar surface area (TPSA) is 57.6 Å². The van der Waals surface area contributed by atoms with Gasteiger partial charge in [0.2, 0.25) is 5.91 Å². The summed E-state index contributed by atoms with van der Waals surface area (Å²) in [5.74, 6) is -0.698. The standard InChI is InChI=1S/C21H21NO3/c23-19(18-14-15-6-4-5-9-17(15)18)22-12-10-21(11-13-22,20(24)25)16-7-2-1-3-8-16/h1-9,18H,10-14H2,(H,24,25). The zero-order chi connectivity index (χ0) is 17.4. The molecule has 1 N–H and O–H groups in total. The van der Waals surface area contributed by atoms with E-state index in [1.807, 2.05) is 53.4 Å². The van der Waals surface area contributed by atoms with Crippen molar-refractivity contribution in [2.24, 2.45) is 0 Å². The molecule has 0 aromatic heterocycles. The van der Waals surface area contributed by atoms with E-state index in [2.05, 4.69) is 6.07 Å². The highest BCUT2D eigenvalue weighted by Gasteiger charge is 2.45. The van der Waals surface area contributed by atoms with Crippen LogP contribution in [0.2, 0.25) is 0 Å². The lowest BCUT2D eigenvalue weighted by Gasteiger charge is -2.41. The summed E-state index contributed by atoms with van der Waals surface area (Å²) in [6.45, 7) is 0.997. The summed E-state index contributed by atoms with van der Waals surface area (Å²) in [6, 6.07) is 17.5. The number of carboxylic acids is 1. The number of hydrogen-bond donors (Lipinski definition) is 1. The lowest BCUT2D eigenvalue weighted by Crippen LogP contribution is -2.51. The highest BCUT2D eigenvalue weighted by Crippen LogP contribution is 2.40. The fourth-order valence-electron chi connectivity index (χ4n) is 4.19. The summed E-state index contributed by atoms with van der Waals surface area (Å²) in [6.07, 6.45) is 1.73. The van der Waals surface area contributed by atoms with E-state index in [1.165, 1.54) is 5.56 Å². The molecule has 4 nitrogen and oxygen atoms in total. The van der Waals surface area contributed by atoms with Crippen LogP contribution >= 0.6 is 0 Å². The molecule has 2 aromatic rings. The van der Waals surface area contributed by atoms with Crippen LogP contribution in [-0.4, -0.2) is 35.0 Å². The summed E-state index contributed by atoms with van der Waals surface area (Å²) in [5.41, 5.74) is 2.34. The largest absolute Gasteiger partial charge is 0.481 e. The Balaban J connectivity index is 1.49. The van der Waals surface area contributed by atoms with Crippen molar-refractivity contribution in [2.75, 3.05) is 13.1 Å². The molecule has 1 unspecified atom stereocenters. The maximum Gasteiger partial charge on any atom is 0.314 e. The maximum absolute atomic E-state index is 12.8. The maximum atomic E-state index is 12.8. The molecule has 1 fully saturated rings. The van der Waals surface area contributed by atoms with E-state index in [0.717, 1.165) is 17.5 Å². The minimum Gasteiger partial charge on any atom is -0.481 e. The third kappa shape index (κ3) is 2.53. The van der Waals surface area contributed by atoms with E-state index in [9.17, 15) is 14.7 Å². The second kappa shape index (κ2) is 6.03. The van der Waals surface area contributed by atoms with Crippen LogP contribution in [0, 0.1) is 0 Å². The van der Waals surface area contributed by atoms with Gasteiger partial charge in [-0.1, -0.05) is 54.6 Å². The lowest BCUT2D eigenvalue weighted by molar-refractivity contribution is -0.148. The highest BCUT2D eigenvalue weighted by molar-refractivity contribution is 5.88. The zero-order valence-electron chi connectivity index (χ0n) is 14.0. The fraction of sp³-hybridized carbons (Fsp3) is 0.333. The number of benzene rings is 2. The summed E-state index contributed by atoms with van der Waals surface area (Å²) in [5, 5.41) is 9.86. The van der Waals surface area contributed by atoms with Gasteiger partial charge in [0.25, 0.3) is 0 Å². The normalized spacial score (nSPS) is 21.1. The second-order valence-electron chi connectivity index (χ2n) is 7.03. The molecule has 4 heteroatoms. The predicted octanol–water partition coefficient (Wildman–Crippen LogP) is 2.97. The van der Waals surface area contributed by atoms with Gasteiger partial charge in [0.05, 0.1) is 11.3 Å². The van der Waals surface area contributed by atoms with Crippen molar-refractivity contribution in [3.63, 3.8) is 0 Å². The number of likely N-dealkylation sites (tertiary alicyclic amines) is 1. The molecule has 1 heterocycles. The van der Waals surface area contributed by atoms with Crippen LogP contribution in [0.3, 0.4) is 0 Å². The van der Waals surface area contributed by atoms with Crippen LogP contribution in [0.5, 0.6) is 0 Å². The Kier molecular flexibility index (Phi) is 3.83. The molecule has 1 atom stereocenters. The van der Waals surface area contributed by atoms with Crippen molar-refractivity contribution in [1.29, 1.82) is 0 Å². The van der Waals surface area contributed by atoms with Gasteiger partial charge in [0, 0.05) is 13.1 Å². The van der Waals surface area contributed by atoms with Crippen molar-refractivity contribution >= 4 is 11.9 Å². The van der Waals surface area contributed by atoms with E-state index in [0.29, 0.717) is 25.9 Å². The van der Waals surface area contributed by atoms with Crippen LogP contribution < -0.4 is 0 Å². The lowest BCUT2D eigenvalue weighted by atomic mass is 9.72. The van der Waals surface area contributed by atoms with Gasteiger partial charge in [-0.3, -0.25) is 9.59 Å². The Morgan fingerprint density at radius 1 is 0.960 bits per heavy atom. The molecule has 0 bridgehead atoms. The van der Waals surface area contributed by atoms with Crippen LogP contribution in [0.15, 0.2) is 54.6 Å². The Hall–Kier alpha value is -2.62. The van der Waals surface area contributed by atoms with Crippen LogP contribution in [0.25, 0.3) is 0 Å². The minimum atomic E-state index is -0.879. The summed E-state index contributed by atoms with van der Waals surface area (Å²) < 4.78 is 0. The number of carboxylic acid groups (broad SMARTS) is 1. The molecule has 1 aliphatic heterocycles. The zero-order valence-corrected chi connectivity index (χ0v) is 14.0. The number of piperidine rings is 1. The molecule has 128 valence electrons. The first-order valence-electron chi connectivity index (χ1n) is 8.77. The average molecular weight is 335 g/mol. The number of fused-ring (bicyclic) bond motifs is 1. The summed E-state index contributed by atoms with van der Waals surface area (Å²) in [7, 11) is 0. The van der Waals surface area contributed by atoms with E-state index in [-0.39, 0.29) is 11.8 Å². The molecule has 4 rings (SSSR count). The molecule has 1 aliphatic carbocycles. The molecule has 0 radical (unpaired) electrons. The molecule has 1 amide bonds. The number of carbonyl (C=O) groups is 2. The van der Waals surface area contributed by atoms with E-state index >= 15 is 0 Å². The number of aliphatic carboxylic acids is 1. The Morgan fingerprint density at radius 3 is 2.24 bits per heavy atom. The van der Waals surface area contributed by atoms with Crippen LogP contribution in [0.4, 0.5) is 0 Å². The van der Waals surface area contributed by atoms with Gasteiger partial charge in [-0.05, 0) is 36.0 Å². The quantitative estimate of drug-likeness (QED) is 0.938. The SMILES string of the molecule is O=C(C1Cc2ccccc21)N1CCC(C(=O)O)(c2ccccc2)CC1. The first kappa shape index (κ1) is 15.9. The average Bonchev–Trinajstić information content (AvgIpc) is 2.63. The number of rotatable bonds is 3. The molecule has 2 aliphatic rings. The van der Waals surface area contributed by atoms with Crippen LogP contribution in [0.1, 0.15) is 35.4 Å². The van der Waals surface area contributed by atoms with Gasteiger partial charge >= 0.3 is 5.97 Å². The van der Waals surface area contributed by atoms with Crippen molar-refractivity contribution in [3.05, 3.63) is 71.3 Å². The fourth-order valence-corrected chi connectivity index (χ4v) is 4.19. The number of amides is 1. The Morgan fingerprint density at radius 2 is 1.60 bits per heavy atom. The predicted molar refractivity (Wildman–Crippen MR) is 94.5 cm³/mol. The van der Waals surface area contributed by atoms with Crippen molar-refractivity contribution < 1.29 is 14.7 Å². The van der Waals surface area contributed by atoms with Gasteiger partial charge in [-0.2, -0.15) is 0 Å². The minimum absolute atomic E-state index is 0.0507. The molecule has 0 spiro atoms. The molecular weight excluding hydrogens is 314 g/mol. The molecule has 0 saturated carbocycles. The monoisotopic (exact) mass is 335 g/mol. The first-order valence-corrected chi connectivity index (χ1v) is 8.77. The smallest absolute Gasteiger partial charge is 0.314 e. The third-order valence-corrected chi connectivity index (χ3v) is 5.82. The second-order valence-corrected chi connectivity index (χ2v) is 7.03. The van der Waals surface area contributed by atoms with Gasteiger partial charge < -0.3 is 10.0 Å². The van der Waals surface area contributed by atoms with Gasteiger partial charge in [0.15, 0.2) is 0 Å². The Labute approximate surface area is 147 Å². The summed E-state index contributed by atoms with van der Waals surface area (Å²) >= 11 is 0. The highest BCUT2D eigenvalue weighted by atomic mass is 16.4. The van der Waals surface area contributed by atoms with Crippen molar-refractivity contribution in [2.45, 2.75) is 30.6 Å². The van der Waals surface area contributed by atoms with Gasteiger partial charge in [-0.15, -0.1) is 0 Å². The van der Waals surface area contributed by atoms with E-state index in [4.69, 9.17) is 0 Å². The molecule has 1 saturated heterocycles. The third-order valence-electron chi connectivity index (χ3n) is 5.82. The molecular formula is C21H21NO3.